The molecule has 0 heterocycles. The maximum absolute atomic E-state index is 13.5. The highest BCUT2D eigenvalue weighted by atomic mass is 79.9. The van der Waals surface area contributed by atoms with Gasteiger partial charge in [-0.25, -0.2) is 21.6 Å². The molecule has 0 unspecified atom stereocenters. The van der Waals surface area contributed by atoms with Crippen molar-refractivity contribution < 1.29 is 21.6 Å². The van der Waals surface area contributed by atoms with Gasteiger partial charge < -0.3 is 0 Å². The summed E-state index contributed by atoms with van der Waals surface area (Å²) in [4.78, 5) is -0.171. The van der Waals surface area contributed by atoms with Crippen LogP contribution in [0.5, 0.6) is 0 Å². The van der Waals surface area contributed by atoms with Crippen LogP contribution in [0.4, 0.5) is 18.9 Å². The largest absolute Gasteiger partial charge is 0.277 e. The maximum atomic E-state index is 13.5. The molecule has 3 nitrogen and oxygen atoms in total. The van der Waals surface area contributed by atoms with Crippen LogP contribution in [0, 0.1) is 17.5 Å². The van der Waals surface area contributed by atoms with Crippen molar-refractivity contribution in [2.45, 2.75) is 4.90 Å². The van der Waals surface area contributed by atoms with Crippen LogP contribution in [0.3, 0.4) is 0 Å². The van der Waals surface area contributed by atoms with Crippen LogP contribution in [-0.2, 0) is 10.0 Å². The van der Waals surface area contributed by atoms with E-state index in [0.717, 1.165) is 6.07 Å². The Hall–Kier alpha value is -1.06. The van der Waals surface area contributed by atoms with E-state index in [1.807, 2.05) is 4.72 Å². The van der Waals surface area contributed by atoms with Gasteiger partial charge in [-0.1, -0.05) is 15.9 Å². The summed E-state index contributed by atoms with van der Waals surface area (Å²) < 4.78 is 66.5. The number of anilines is 1. The normalized spacial score (nSPS) is 11.5. The van der Waals surface area contributed by atoms with Gasteiger partial charge in [0, 0.05) is 8.95 Å². The number of sulfonamides is 1. The van der Waals surface area contributed by atoms with E-state index >= 15 is 0 Å². The minimum absolute atomic E-state index is 0.171. The van der Waals surface area contributed by atoms with Gasteiger partial charge in [-0.15, -0.1) is 0 Å². The lowest BCUT2D eigenvalue weighted by Gasteiger charge is -2.11. The van der Waals surface area contributed by atoms with Crippen molar-refractivity contribution >= 4 is 47.6 Å². The maximum Gasteiger partial charge on any atom is 0.263 e. The van der Waals surface area contributed by atoms with Gasteiger partial charge >= 0.3 is 0 Å². The Morgan fingerprint density at radius 2 is 1.62 bits per heavy atom. The smallest absolute Gasteiger partial charge is 0.263 e. The van der Waals surface area contributed by atoms with Crippen LogP contribution in [0.25, 0.3) is 0 Å². The van der Waals surface area contributed by atoms with Crippen LogP contribution < -0.4 is 4.72 Å². The van der Waals surface area contributed by atoms with E-state index in [2.05, 4.69) is 31.9 Å². The highest BCUT2D eigenvalue weighted by molar-refractivity contribution is 9.11. The van der Waals surface area contributed by atoms with Crippen LogP contribution in [-0.4, -0.2) is 8.42 Å². The van der Waals surface area contributed by atoms with Gasteiger partial charge in [0.15, 0.2) is 17.5 Å². The first-order valence-electron chi connectivity index (χ1n) is 5.34. The Morgan fingerprint density at radius 1 is 0.952 bits per heavy atom. The van der Waals surface area contributed by atoms with Gasteiger partial charge in [0.1, 0.15) is 4.90 Å². The summed E-state index contributed by atoms with van der Waals surface area (Å²) in [6, 6.07) is 5.66. The third-order valence-electron chi connectivity index (χ3n) is 2.46. The van der Waals surface area contributed by atoms with Crippen molar-refractivity contribution in [2.75, 3.05) is 4.72 Å². The topological polar surface area (TPSA) is 46.2 Å². The minimum atomic E-state index is -4.16. The molecule has 2 rings (SSSR count). The molecule has 2 aromatic rings. The average molecular weight is 445 g/mol. The van der Waals surface area contributed by atoms with Gasteiger partial charge in [0.25, 0.3) is 10.0 Å². The van der Waals surface area contributed by atoms with E-state index in [1.165, 1.54) is 18.2 Å². The number of halogens is 5. The molecular formula is C12H6Br2F3NO2S. The molecule has 0 aliphatic rings. The number of rotatable bonds is 3. The molecule has 1 N–H and O–H groups in total. The SMILES string of the molecule is O=S(=O)(Nc1ccc(F)c(F)c1F)c1ccc(Br)cc1Br. The molecule has 2 aromatic carbocycles. The van der Waals surface area contributed by atoms with Crippen molar-refractivity contribution in [3.8, 4) is 0 Å². The molecule has 0 saturated carbocycles. The lowest BCUT2D eigenvalue weighted by molar-refractivity contribution is 0.449. The number of nitrogens with one attached hydrogen (secondary N) is 1. The molecule has 0 spiro atoms. The van der Waals surface area contributed by atoms with E-state index in [0.29, 0.717) is 10.5 Å². The van der Waals surface area contributed by atoms with Gasteiger partial charge in [0.2, 0.25) is 0 Å². The van der Waals surface area contributed by atoms with Gasteiger partial charge in [0.05, 0.1) is 5.69 Å². The second-order valence-corrected chi connectivity index (χ2v) is 7.32. The molecule has 0 aliphatic carbocycles. The van der Waals surface area contributed by atoms with Crippen LogP contribution in [0.2, 0.25) is 0 Å². The highest BCUT2D eigenvalue weighted by Crippen LogP contribution is 2.28. The third kappa shape index (κ3) is 3.41. The third-order valence-corrected chi connectivity index (χ3v) is 5.30. The van der Waals surface area contributed by atoms with E-state index < -0.39 is 33.2 Å². The second-order valence-electron chi connectivity index (χ2n) is 3.90. The van der Waals surface area contributed by atoms with Crippen LogP contribution >= 0.6 is 31.9 Å². The lowest BCUT2D eigenvalue weighted by Crippen LogP contribution is -2.15. The second kappa shape index (κ2) is 5.98. The predicted molar refractivity (Wildman–Crippen MR) is 79.0 cm³/mol. The van der Waals surface area contributed by atoms with E-state index in [-0.39, 0.29) is 9.37 Å². The molecule has 0 fully saturated rings. The Morgan fingerprint density at radius 3 is 2.24 bits per heavy atom. The minimum Gasteiger partial charge on any atom is -0.277 e. The molecule has 0 saturated heterocycles. The van der Waals surface area contributed by atoms with Crippen molar-refractivity contribution in [3.05, 3.63) is 56.7 Å². The summed E-state index contributed by atoms with van der Waals surface area (Å²) in [5, 5.41) is 0. The lowest BCUT2D eigenvalue weighted by atomic mass is 10.3. The number of hydrogen-bond donors (Lipinski definition) is 1. The Bertz CT molecular complexity index is 812. The van der Waals surface area contributed by atoms with E-state index in [4.69, 9.17) is 0 Å². The Labute approximate surface area is 135 Å². The standard InChI is InChI=1S/C12H6Br2F3NO2S/c13-6-1-4-10(7(14)5-6)21(19,20)18-9-3-2-8(15)11(16)12(9)17/h1-5,18H. The van der Waals surface area contributed by atoms with Crippen LogP contribution in [0.15, 0.2) is 44.2 Å². The van der Waals surface area contributed by atoms with Crippen molar-refractivity contribution in [2.24, 2.45) is 0 Å². The molecule has 0 amide bonds. The zero-order chi connectivity index (χ0) is 15.8. The molecule has 0 atom stereocenters. The highest BCUT2D eigenvalue weighted by Gasteiger charge is 2.22. The summed E-state index contributed by atoms with van der Waals surface area (Å²) in [6.07, 6.45) is 0. The van der Waals surface area contributed by atoms with Crippen molar-refractivity contribution in [1.29, 1.82) is 0 Å². The first-order valence-corrected chi connectivity index (χ1v) is 8.40. The zero-order valence-electron chi connectivity index (χ0n) is 10.0. The van der Waals surface area contributed by atoms with E-state index in [1.54, 1.807) is 0 Å². The molecule has 0 radical (unpaired) electrons. The average Bonchev–Trinajstić information content (AvgIpc) is 2.39. The summed E-state index contributed by atoms with van der Waals surface area (Å²) >= 11 is 6.23. The molecule has 9 heteroatoms. The van der Waals surface area contributed by atoms with Crippen molar-refractivity contribution in [1.82, 2.24) is 0 Å². The first kappa shape index (κ1) is 16.3. The van der Waals surface area contributed by atoms with Crippen molar-refractivity contribution in [3.63, 3.8) is 0 Å². The van der Waals surface area contributed by atoms with Gasteiger partial charge in [-0.3, -0.25) is 4.72 Å². The zero-order valence-corrected chi connectivity index (χ0v) is 14.0. The summed E-state index contributed by atoms with van der Waals surface area (Å²) in [5.74, 6) is -4.75. The van der Waals surface area contributed by atoms with Gasteiger partial charge in [-0.2, -0.15) is 0 Å². The fourth-order valence-electron chi connectivity index (χ4n) is 1.50. The first-order chi connectivity index (χ1) is 9.72. The van der Waals surface area contributed by atoms with E-state index in [9.17, 15) is 21.6 Å². The molecule has 0 bridgehead atoms. The molecule has 0 aliphatic heterocycles. The number of hydrogen-bond acceptors (Lipinski definition) is 2. The summed E-state index contributed by atoms with van der Waals surface area (Å²) in [5.41, 5.74) is -0.677. The fourth-order valence-corrected chi connectivity index (χ4v) is 4.30. The number of benzene rings is 2. The monoisotopic (exact) mass is 443 g/mol. The summed E-state index contributed by atoms with van der Waals surface area (Å²) in [7, 11) is -4.16. The Balaban J connectivity index is 2.45. The van der Waals surface area contributed by atoms with Gasteiger partial charge in [-0.05, 0) is 46.3 Å². The summed E-state index contributed by atoms with van der Waals surface area (Å²) in [6.45, 7) is 0. The predicted octanol–water partition coefficient (Wildman–Crippen LogP) is 4.43. The molecule has 0 aromatic heterocycles. The molecular weight excluding hydrogens is 439 g/mol. The van der Waals surface area contributed by atoms with Crippen LogP contribution in [0.1, 0.15) is 0 Å². The quantitative estimate of drug-likeness (QED) is 0.712. The fraction of sp³-hybridized carbons (Fsp3) is 0. The molecule has 112 valence electrons. The molecule has 21 heavy (non-hydrogen) atoms. The Kier molecular flexibility index (Phi) is 4.64.